The van der Waals surface area contributed by atoms with Crippen molar-refractivity contribution < 1.29 is 9.13 Å². The second-order valence-corrected chi connectivity index (χ2v) is 6.48. The van der Waals surface area contributed by atoms with E-state index in [4.69, 9.17) is 4.74 Å². The van der Waals surface area contributed by atoms with Gasteiger partial charge in [-0.25, -0.2) is 4.39 Å². The number of rotatable bonds is 5. The van der Waals surface area contributed by atoms with Gasteiger partial charge >= 0.3 is 0 Å². The lowest BCUT2D eigenvalue weighted by molar-refractivity contribution is 0.174. The first-order valence-electron chi connectivity index (χ1n) is 7.27. The molecule has 0 saturated heterocycles. The van der Waals surface area contributed by atoms with Gasteiger partial charge in [0.2, 0.25) is 0 Å². The molecule has 0 N–H and O–H groups in total. The fourth-order valence-electron chi connectivity index (χ4n) is 2.89. The van der Waals surface area contributed by atoms with E-state index >= 15 is 0 Å². The minimum Gasteiger partial charge on any atom is -0.490 e. The Bertz CT molecular complexity index is 400. The first-order chi connectivity index (χ1) is 9.19. The van der Waals surface area contributed by atoms with Crippen LogP contribution < -0.4 is 4.74 Å². The molecule has 106 valence electrons. The number of benzene rings is 1. The highest BCUT2D eigenvalue weighted by atomic mass is 79.9. The molecule has 1 aliphatic carbocycles. The molecule has 1 saturated carbocycles. The third kappa shape index (κ3) is 4.48. The minimum atomic E-state index is -0.283. The van der Waals surface area contributed by atoms with Crippen molar-refractivity contribution >= 4 is 15.9 Å². The summed E-state index contributed by atoms with van der Waals surface area (Å²) in [6.07, 6.45) is 7.71. The zero-order valence-corrected chi connectivity index (χ0v) is 13.1. The van der Waals surface area contributed by atoms with Crippen LogP contribution in [0, 0.1) is 17.7 Å². The van der Waals surface area contributed by atoms with Gasteiger partial charge in [-0.05, 0) is 42.9 Å². The molecular weight excluding hydrogens is 307 g/mol. The van der Waals surface area contributed by atoms with Gasteiger partial charge in [0, 0.05) is 4.47 Å². The minimum absolute atomic E-state index is 0.283. The van der Waals surface area contributed by atoms with E-state index in [1.54, 1.807) is 6.07 Å². The Kier molecular flexibility index (Phi) is 5.68. The summed E-state index contributed by atoms with van der Waals surface area (Å²) in [4.78, 5) is 0. The van der Waals surface area contributed by atoms with E-state index in [2.05, 4.69) is 22.9 Å². The van der Waals surface area contributed by atoms with Crippen LogP contribution in [0.3, 0.4) is 0 Å². The molecule has 0 unspecified atom stereocenters. The zero-order chi connectivity index (χ0) is 13.7. The van der Waals surface area contributed by atoms with Crippen molar-refractivity contribution in [3.63, 3.8) is 0 Å². The summed E-state index contributed by atoms with van der Waals surface area (Å²) in [5.74, 6) is 1.59. The summed E-state index contributed by atoms with van der Waals surface area (Å²) in [6, 6.07) is 4.96. The van der Waals surface area contributed by atoms with Gasteiger partial charge in [0.25, 0.3) is 0 Å². The molecule has 0 spiro atoms. The van der Waals surface area contributed by atoms with Crippen LogP contribution in [0.15, 0.2) is 22.7 Å². The zero-order valence-electron chi connectivity index (χ0n) is 11.5. The molecule has 1 fully saturated rings. The van der Waals surface area contributed by atoms with Gasteiger partial charge in [0.1, 0.15) is 0 Å². The lowest BCUT2D eigenvalue weighted by Crippen LogP contribution is -2.20. The van der Waals surface area contributed by atoms with Gasteiger partial charge in [-0.1, -0.05) is 48.5 Å². The second kappa shape index (κ2) is 7.28. The van der Waals surface area contributed by atoms with Crippen molar-refractivity contribution in [2.24, 2.45) is 11.8 Å². The van der Waals surface area contributed by atoms with Crippen molar-refractivity contribution in [3.05, 3.63) is 28.5 Å². The maximum absolute atomic E-state index is 13.6. The molecule has 3 heteroatoms. The molecule has 1 aliphatic rings. The van der Waals surface area contributed by atoms with Crippen LogP contribution in [0.5, 0.6) is 5.75 Å². The molecule has 1 aromatic carbocycles. The van der Waals surface area contributed by atoms with Gasteiger partial charge in [0.05, 0.1) is 6.61 Å². The predicted molar refractivity (Wildman–Crippen MR) is 80.0 cm³/mol. The van der Waals surface area contributed by atoms with Crippen molar-refractivity contribution in [3.8, 4) is 5.75 Å². The lowest BCUT2D eigenvalue weighted by atomic mass is 9.80. The van der Waals surface area contributed by atoms with Crippen LogP contribution in [0.25, 0.3) is 0 Å². The molecular formula is C16H22BrFO. The van der Waals surface area contributed by atoms with Gasteiger partial charge in [-0.15, -0.1) is 0 Å². The Labute approximate surface area is 123 Å². The molecule has 1 aromatic rings. The maximum atomic E-state index is 13.6. The highest BCUT2D eigenvalue weighted by Gasteiger charge is 2.21. The number of halogens is 2. The average molecular weight is 329 g/mol. The molecule has 0 aliphatic heterocycles. The van der Waals surface area contributed by atoms with Crippen molar-refractivity contribution in [2.75, 3.05) is 6.61 Å². The standard InChI is InChI=1S/C16H22BrFO/c1-2-3-12-4-6-13(7-5-12)11-19-16-9-8-14(17)10-15(16)18/h8-10,12-13H,2-7,11H2,1H3. The number of ether oxygens (including phenoxy) is 1. The van der Waals surface area contributed by atoms with Crippen molar-refractivity contribution in [1.82, 2.24) is 0 Å². The third-order valence-electron chi connectivity index (χ3n) is 4.03. The molecule has 1 nitrogen and oxygen atoms in total. The molecule has 0 heterocycles. The summed E-state index contributed by atoms with van der Waals surface area (Å²) in [6.45, 7) is 2.91. The van der Waals surface area contributed by atoms with Crippen molar-refractivity contribution in [2.45, 2.75) is 45.4 Å². The van der Waals surface area contributed by atoms with E-state index in [0.29, 0.717) is 18.3 Å². The third-order valence-corrected chi connectivity index (χ3v) is 4.52. The highest BCUT2D eigenvalue weighted by Crippen LogP contribution is 2.32. The fourth-order valence-corrected chi connectivity index (χ4v) is 3.23. The smallest absolute Gasteiger partial charge is 0.166 e. The fraction of sp³-hybridized carbons (Fsp3) is 0.625. The van der Waals surface area contributed by atoms with E-state index in [1.807, 2.05) is 6.07 Å². The van der Waals surface area contributed by atoms with E-state index in [1.165, 1.54) is 44.6 Å². The van der Waals surface area contributed by atoms with Crippen LogP contribution in [0.4, 0.5) is 4.39 Å². The summed E-state index contributed by atoms with van der Waals surface area (Å²) >= 11 is 3.25. The van der Waals surface area contributed by atoms with Crippen LogP contribution in [0.2, 0.25) is 0 Å². The van der Waals surface area contributed by atoms with Gasteiger partial charge in [-0.3, -0.25) is 0 Å². The highest BCUT2D eigenvalue weighted by molar-refractivity contribution is 9.10. The van der Waals surface area contributed by atoms with E-state index in [0.717, 1.165) is 10.4 Å². The Morgan fingerprint density at radius 1 is 1.21 bits per heavy atom. The van der Waals surface area contributed by atoms with E-state index in [-0.39, 0.29) is 5.82 Å². The Morgan fingerprint density at radius 3 is 2.53 bits per heavy atom. The molecule has 0 bridgehead atoms. The summed E-state index contributed by atoms with van der Waals surface area (Å²) in [5.41, 5.74) is 0. The quantitative estimate of drug-likeness (QED) is 0.686. The normalized spacial score (nSPS) is 23.3. The van der Waals surface area contributed by atoms with Crippen LogP contribution in [0.1, 0.15) is 45.4 Å². The second-order valence-electron chi connectivity index (χ2n) is 5.56. The molecule has 0 radical (unpaired) electrons. The molecule has 2 rings (SSSR count). The van der Waals surface area contributed by atoms with Crippen LogP contribution in [-0.4, -0.2) is 6.61 Å². The van der Waals surface area contributed by atoms with Gasteiger partial charge < -0.3 is 4.74 Å². The van der Waals surface area contributed by atoms with E-state index in [9.17, 15) is 4.39 Å². The molecule has 0 amide bonds. The predicted octanol–water partition coefficient (Wildman–Crippen LogP) is 5.57. The van der Waals surface area contributed by atoms with Gasteiger partial charge in [-0.2, -0.15) is 0 Å². The topological polar surface area (TPSA) is 9.23 Å². The Balaban J connectivity index is 1.77. The summed E-state index contributed by atoms with van der Waals surface area (Å²) in [5, 5.41) is 0. The average Bonchev–Trinajstić information content (AvgIpc) is 2.40. The molecule has 0 atom stereocenters. The number of hydrogen-bond acceptors (Lipinski definition) is 1. The lowest BCUT2D eigenvalue weighted by Gasteiger charge is -2.28. The molecule has 19 heavy (non-hydrogen) atoms. The van der Waals surface area contributed by atoms with E-state index < -0.39 is 0 Å². The van der Waals surface area contributed by atoms with Crippen LogP contribution >= 0.6 is 15.9 Å². The SMILES string of the molecule is CCCC1CCC(COc2ccc(Br)cc2F)CC1. The maximum Gasteiger partial charge on any atom is 0.166 e. The van der Waals surface area contributed by atoms with Crippen molar-refractivity contribution in [1.29, 1.82) is 0 Å². The summed E-state index contributed by atoms with van der Waals surface area (Å²) in [7, 11) is 0. The first-order valence-corrected chi connectivity index (χ1v) is 8.06. The van der Waals surface area contributed by atoms with Gasteiger partial charge in [0.15, 0.2) is 11.6 Å². The molecule has 0 aromatic heterocycles. The largest absolute Gasteiger partial charge is 0.490 e. The number of hydrogen-bond donors (Lipinski definition) is 0. The summed E-state index contributed by atoms with van der Waals surface area (Å²) < 4.78 is 20.0. The Hall–Kier alpha value is -0.570. The monoisotopic (exact) mass is 328 g/mol. The van der Waals surface area contributed by atoms with Crippen LogP contribution in [-0.2, 0) is 0 Å². The first kappa shape index (κ1) is 14.8. The Morgan fingerprint density at radius 2 is 1.89 bits per heavy atom.